The van der Waals surface area contributed by atoms with Crippen molar-refractivity contribution in [2.75, 3.05) is 6.54 Å². The van der Waals surface area contributed by atoms with Gasteiger partial charge in [0.15, 0.2) is 0 Å². The molecule has 1 aliphatic heterocycles. The van der Waals surface area contributed by atoms with Crippen LogP contribution in [-0.4, -0.2) is 28.3 Å². The lowest BCUT2D eigenvalue weighted by atomic mass is 10.0. The first-order valence-electron chi connectivity index (χ1n) is 7.07. The molecule has 1 aromatic rings. The molecule has 1 unspecified atom stereocenters. The number of amides is 1. The molecule has 1 amide bonds. The third-order valence-corrected chi connectivity index (χ3v) is 3.97. The Hall–Kier alpha value is -1.36. The van der Waals surface area contributed by atoms with Crippen molar-refractivity contribution in [1.82, 2.24) is 20.4 Å². The van der Waals surface area contributed by atoms with E-state index in [2.05, 4.69) is 15.7 Å². The predicted octanol–water partition coefficient (Wildman–Crippen LogP) is 1.19. The molecule has 2 heterocycles. The molecule has 1 saturated heterocycles. The summed E-state index contributed by atoms with van der Waals surface area (Å²) in [7, 11) is 1.93. The van der Waals surface area contributed by atoms with Crippen LogP contribution < -0.4 is 10.6 Å². The lowest BCUT2D eigenvalue weighted by Gasteiger charge is -2.22. The van der Waals surface area contributed by atoms with Gasteiger partial charge in [-0.15, -0.1) is 0 Å². The van der Waals surface area contributed by atoms with Crippen molar-refractivity contribution >= 4 is 5.91 Å². The number of hydrogen-bond donors (Lipinski definition) is 2. The van der Waals surface area contributed by atoms with Crippen LogP contribution in [0, 0.1) is 13.8 Å². The highest BCUT2D eigenvalue weighted by molar-refractivity contribution is 5.76. The molecular formula is C14H24N4O. The van der Waals surface area contributed by atoms with Crippen LogP contribution in [0.25, 0.3) is 0 Å². The van der Waals surface area contributed by atoms with Crippen LogP contribution >= 0.6 is 0 Å². The summed E-state index contributed by atoms with van der Waals surface area (Å²) in [5, 5.41) is 10.8. The number of aromatic nitrogens is 2. The summed E-state index contributed by atoms with van der Waals surface area (Å²) in [6.07, 6.45) is 4.15. The maximum Gasteiger partial charge on any atom is 0.221 e. The van der Waals surface area contributed by atoms with E-state index >= 15 is 0 Å². The second kappa shape index (κ2) is 6.19. The molecular weight excluding hydrogens is 240 g/mol. The Morgan fingerprint density at radius 2 is 2.26 bits per heavy atom. The maximum atomic E-state index is 11.9. The van der Waals surface area contributed by atoms with Crippen molar-refractivity contribution < 1.29 is 4.79 Å². The van der Waals surface area contributed by atoms with E-state index in [-0.39, 0.29) is 5.91 Å². The highest BCUT2D eigenvalue weighted by atomic mass is 16.1. The standard InChI is InChI=1S/C14H24N4O/c1-10-13(11(2)18(3)17-10)9-16-14(19)8-12-6-4-5-7-15-12/h12,15H,4-9H2,1-3H3,(H,16,19). The Labute approximate surface area is 114 Å². The lowest BCUT2D eigenvalue weighted by Crippen LogP contribution is -2.38. The van der Waals surface area contributed by atoms with Gasteiger partial charge >= 0.3 is 0 Å². The third-order valence-electron chi connectivity index (χ3n) is 3.97. The van der Waals surface area contributed by atoms with E-state index < -0.39 is 0 Å². The number of piperidine rings is 1. The lowest BCUT2D eigenvalue weighted by molar-refractivity contribution is -0.121. The Kier molecular flexibility index (Phi) is 4.58. The molecule has 19 heavy (non-hydrogen) atoms. The van der Waals surface area contributed by atoms with Gasteiger partial charge in [0.05, 0.1) is 5.69 Å². The fraction of sp³-hybridized carbons (Fsp3) is 0.714. The van der Waals surface area contributed by atoms with Gasteiger partial charge in [-0.05, 0) is 33.2 Å². The number of hydrogen-bond acceptors (Lipinski definition) is 3. The predicted molar refractivity (Wildman–Crippen MR) is 74.8 cm³/mol. The van der Waals surface area contributed by atoms with Crippen molar-refractivity contribution in [2.45, 2.75) is 52.1 Å². The molecule has 0 saturated carbocycles. The van der Waals surface area contributed by atoms with Crippen molar-refractivity contribution in [3.05, 3.63) is 17.0 Å². The minimum atomic E-state index is 0.127. The van der Waals surface area contributed by atoms with Gasteiger partial charge < -0.3 is 10.6 Å². The zero-order valence-corrected chi connectivity index (χ0v) is 12.1. The number of nitrogens with one attached hydrogen (secondary N) is 2. The summed E-state index contributed by atoms with van der Waals surface area (Å²) in [5.41, 5.74) is 3.25. The quantitative estimate of drug-likeness (QED) is 0.858. The maximum absolute atomic E-state index is 11.9. The second-order valence-electron chi connectivity index (χ2n) is 5.40. The van der Waals surface area contributed by atoms with E-state index in [1.165, 1.54) is 12.8 Å². The molecule has 1 aliphatic rings. The van der Waals surface area contributed by atoms with Gasteiger partial charge in [-0.1, -0.05) is 6.42 Å². The average molecular weight is 264 g/mol. The van der Waals surface area contributed by atoms with Crippen molar-refractivity contribution in [1.29, 1.82) is 0 Å². The van der Waals surface area contributed by atoms with E-state index in [4.69, 9.17) is 0 Å². The molecule has 0 bridgehead atoms. The fourth-order valence-corrected chi connectivity index (χ4v) is 2.65. The molecule has 106 valence electrons. The Morgan fingerprint density at radius 1 is 1.47 bits per heavy atom. The minimum Gasteiger partial charge on any atom is -0.352 e. The number of carbonyl (C=O) groups is 1. The Bertz CT molecular complexity index is 447. The first-order chi connectivity index (χ1) is 9.08. The molecule has 0 aromatic carbocycles. The van der Waals surface area contributed by atoms with Crippen LogP contribution in [0.4, 0.5) is 0 Å². The van der Waals surface area contributed by atoms with Gasteiger partial charge in [0.2, 0.25) is 5.91 Å². The van der Waals surface area contributed by atoms with E-state index in [1.54, 1.807) is 0 Å². The Balaban J connectivity index is 1.82. The summed E-state index contributed by atoms with van der Waals surface area (Å²) in [6.45, 7) is 5.64. The van der Waals surface area contributed by atoms with Crippen LogP contribution in [0.5, 0.6) is 0 Å². The number of rotatable bonds is 4. The molecule has 0 spiro atoms. The molecule has 2 N–H and O–H groups in total. The zero-order chi connectivity index (χ0) is 13.8. The number of nitrogens with zero attached hydrogens (tertiary/aromatic N) is 2. The van der Waals surface area contributed by atoms with E-state index in [0.717, 1.165) is 29.9 Å². The molecule has 0 aliphatic carbocycles. The van der Waals surface area contributed by atoms with Gasteiger partial charge in [0.1, 0.15) is 0 Å². The van der Waals surface area contributed by atoms with Gasteiger partial charge in [-0.25, -0.2) is 0 Å². The van der Waals surface area contributed by atoms with Gasteiger partial charge in [0, 0.05) is 37.3 Å². The second-order valence-corrected chi connectivity index (χ2v) is 5.40. The summed E-state index contributed by atoms with van der Waals surface area (Å²) in [4.78, 5) is 11.9. The van der Waals surface area contributed by atoms with E-state index in [0.29, 0.717) is 19.0 Å². The molecule has 5 heteroatoms. The molecule has 2 rings (SSSR count). The first-order valence-corrected chi connectivity index (χ1v) is 7.07. The highest BCUT2D eigenvalue weighted by Gasteiger charge is 2.17. The van der Waals surface area contributed by atoms with Gasteiger partial charge in [0.25, 0.3) is 0 Å². The van der Waals surface area contributed by atoms with Crippen molar-refractivity contribution in [2.24, 2.45) is 7.05 Å². The van der Waals surface area contributed by atoms with E-state index in [1.807, 2.05) is 25.6 Å². The van der Waals surface area contributed by atoms with Crippen LogP contribution in [-0.2, 0) is 18.4 Å². The summed E-state index contributed by atoms with van der Waals surface area (Å²) in [5.74, 6) is 0.127. The summed E-state index contributed by atoms with van der Waals surface area (Å²) in [6, 6.07) is 0.352. The van der Waals surface area contributed by atoms with Crippen LogP contribution in [0.15, 0.2) is 0 Å². The summed E-state index contributed by atoms with van der Waals surface area (Å²) >= 11 is 0. The molecule has 1 aromatic heterocycles. The van der Waals surface area contributed by atoms with Crippen LogP contribution in [0.1, 0.15) is 42.6 Å². The minimum absolute atomic E-state index is 0.127. The van der Waals surface area contributed by atoms with E-state index in [9.17, 15) is 4.79 Å². The fourth-order valence-electron chi connectivity index (χ4n) is 2.65. The van der Waals surface area contributed by atoms with Crippen LogP contribution in [0.3, 0.4) is 0 Å². The average Bonchev–Trinajstić information content (AvgIpc) is 2.62. The normalized spacial score (nSPS) is 19.4. The largest absolute Gasteiger partial charge is 0.352 e. The third kappa shape index (κ3) is 3.56. The van der Waals surface area contributed by atoms with Gasteiger partial charge in [-0.2, -0.15) is 5.10 Å². The molecule has 1 fully saturated rings. The first kappa shape index (κ1) is 14.1. The highest BCUT2D eigenvalue weighted by Crippen LogP contribution is 2.12. The van der Waals surface area contributed by atoms with Gasteiger partial charge in [-0.3, -0.25) is 9.48 Å². The monoisotopic (exact) mass is 264 g/mol. The summed E-state index contributed by atoms with van der Waals surface area (Å²) < 4.78 is 1.86. The Morgan fingerprint density at radius 3 is 2.84 bits per heavy atom. The van der Waals surface area contributed by atoms with Crippen molar-refractivity contribution in [3.8, 4) is 0 Å². The smallest absolute Gasteiger partial charge is 0.221 e. The SMILES string of the molecule is Cc1nn(C)c(C)c1CNC(=O)CC1CCCCN1. The number of carbonyl (C=O) groups excluding carboxylic acids is 1. The topological polar surface area (TPSA) is 59.0 Å². The zero-order valence-electron chi connectivity index (χ0n) is 12.1. The molecule has 0 radical (unpaired) electrons. The number of aryl methyl sites for hydroxylation is 2. The molecule has 5 nitrogen and oxygen atoms in total. The van der Waals surface area contributed by atoms with Crippen LogP contribution in [0.2, 0.25) is 0 Å². The van der Waals surface area contributed by atoms with Crippen molar-refractivity contribution in [3.63, 3.8) is 0 Å². The molecule has 1 atom stereocenters.